The number of rotatable bonds is 2. The molecule has 0 radical (unpaired) electrons. The number of hydrogen-bond donors (Lipinski definition) is 0. The summed E-state index contributed by atoms with van der Waals surface area (Å²) in [6.07, 6.45) is 2.72. The van der Waals surface area contributed by atoms with Crippen molar-refractivity contribution in [1.82, 2.24) is 9.55 Å². The molecule has 90 valence electrons. The third-order valence-electron chi connectivity index (χ3n) is 2.93. The first kappa shape index (κ1) is 11.2. The van der Waals surface area contributed by atoms with Crippen LogP contribution in [0.25, 0.3) is 15.3 Å². The van der Waals surface area contributed by atoms with Gasteiger partial charge in [0.05, 0.1) is 15.9 Å². The maximum Gasteiger partial charge on any atom is 0.195 e. The highest BCUT2D eigenvalue weighted by Gasteiger charge is 2.10. The van der Waals surface area contributed by atoms with E-state index >= 15 is 0 Å². The van der Waals surface area contributed by atoms with E-state index in [0.717, 1.165) is 21.6 Å². The lowest BCUT2D eigenvalue weighted by atomic mass is 10.1. The Bertz CT molecular complexity index is 739. The summed E-state index contributed by atoms with van der Waals surface area (Å²) < 4.78 is 2.99. The predicted molar refractivity (Wildman–Crippen MR) is 73.8 cm³/mol. The third-order valence-corrected chi connectivity index (χ3v) is 3.93. The molecule has 0 atom stereocenters. The van der Waals surface area contributed by atoms with Gasteiger partial charge < -0.3 is 0 Å². The van der Waals surface area contributed by atoms with Crippen molar-refractivity contribution in [2.45, 2.75) is 13.8 Å². The van der Waals surface area contributed by atoms with E-state index in [1.807, 2.05) is 16.8 Å². The number of fused-ring (bicyclic) bond motifs is 1. The molecule has 0 saturated heterocycles. The minimum absolute atomic E-state index is 0.628. The molecule has 0 fully saturated rings. The fourth-order valence-corrected chi connectivity index (χ4v) is 3.27. The fraction of sp³-hybridized carbons (Fsp3) is 0.143. The van der Waals surface area contributed by atoms with Crippen LogP contribution in [0.5, 0.6) is 0 Å². The van der Waals surface area contributed by atoms with Gasteiger partial charge in [-0.3, -0.25) is 9.36 Å². The molecule has 1 aromatic carbocycles. The summed E-state index contributed by atoms with van der Waals surface area (Å²) >= 11 is 1.61. The molecule has 0 amide bonds. The van der Waals surface area contributed by atoms with Crippen molar-refractivity contribution >= 4 is 27.8 Å². The lowest BCUT2D eigenvalue weighted by Gasteiger charge is -1.98. The molecule has 0 aliphatic rings. The summed E-state index contributed by atoms with van der Waals surface area (Å²) in [6.45, 7) is 4.15. The molecule has 0 aliphatic heterocycles. The van der Waals surface area contributed by atoms with Gasteiger partial charge in [-0.05, 0) is 43.2 Å². The van der Waals surface area contributed by atoms with E-state index < -0.39 is 0 Å². The first-order valence-electron chi connectivity index (χ1n) is 5.70. The van der Waals surface area contributed by atoms with E-state index in [0.29, 0.717) is 5.69 Å². The molecule has 18 heavy (non-hydrogen) atoms. The number of carbonyl (C=O) groups excluding carboxylic acids is 1. The Balaban J connectivity index is 2.25. The zero-order valence-corrected chi connectivity index (χ0v) is 11.0. The Kier molecular flexibility index (Phi) is 2.52. The zero-order chi connectivity index (χ0) is 12.7. The largest absolute Gasteiger partial charge is 0.296 e. The first-order chi connectivity index (χ1) is 8.69. The van der Waals surface area contributed by atoms with Crippen molar-refractivity contribution in [3.63, 3.8) is 0 Å². The van der Waals surface area contributed by atoms with Crippen LogP contribution in [0.4, 0.5) is 0 Å². The lowest BCUT2D eigenvalue weighted by molar-refractivity contribution is 0.111. The molecule has 0 bridgehead atoms. The van der Waals surface area contributed by atoms with Crippen LogP contribution in [0.1, 0.15) is 21.6 Å². The standard InChI is InChI=1S/C14H12N2OS/c1-9-6-10(2)13-12(7-9)18-14(15-13)16-5-3-4-11(16)8-17/h3-8H,1-2H3. The second kappa shape index (κ2) is 4.07. The fourth-order valence-electron chi connectivity index (χ4n) is 2.13. The van der Waals surface area contributed by atoms with Gasteiger partial charge in [0, 0.05) is 6.20 Å². The van der Waals surface area contributed by atoms with Gasteiger partial charge >= 0.3 is 0 Å². The number of nitrogens with zero attached hydrogens (tertiary/aromatic N) is 2. The molecule has 0 spiro atoms. The molecule has 3 aromatic rings. The molecule has 3 rings (SSSR count). The quantitative estimate of drug-likeness (QED) is 0.657. The van der Waals surface area contributed by atoms with Crippen LogP contribution in [0.2, 0.25) is 0 Å². The molecule has 2 heterocycles. The van der Waals surface area contributed by atoms with Crippen LogP contribution in [0, 0.1) is 13.8 Å². The predicted octanol–water partition coefficient (Wildman–Crippen LogP) is 3.52. The summed E-state index contributed by atoms with van der Waals surface area (Å²) in [4.78, 5) is 15.6. The molecule has 0 unspecified atom stereocenters. The van der Waals surface area contributed by atoms with Crippen LogP contribution in [-0.2, 0) is 0 Å². The van der Waals surface area contributed by atoms with E-state index in [9.17, 15) is 4.79 Å². The molecule has 0 N–H and O–H groups in total. The molecule has 2 aromatic heterocycles. The van der Waals surface area contributed by atoms with Crippen LogP contribution in [-0.4, -0.2) is 15.8 Å². The number of hydrogen-bond acceptors (Lipinski definition) is 3. The van der Waals surface area contributed by atoms with Gasteiger partial charge in [-0.1, -0.05) is 17.4 Å². The maximum absolute atomic E-state index is 11.0. The van der Waals surface area contributed by atoms with Gasteiger partial charge in [0.2, 0.25) is 0 Å². The van der Waals surface area contributed by atoms with Crippen LogP contribution in [0.15, 0.2) is 30.5 Å². The van der Waals surface area contributed by atoms with E-state index in [1.54, 1.807) is 17.4 Å². The van der Waals surface area contributed by atoms with Crippen molar-refractivity contribution in [2.24, 2.45) is 0 Å². The van der Waals surface area contributed by atoms with Crippen molar-refractivity contribution in [1.29, 1.82) is 0 Å². The van der Waals surface area contributed by atoms with E-state index in [2.05, 4.69) is 31.0 Å². The molecular formula is C14H12N2OS. The Morgan fingerprint density at radius 3 is 2.94 bits per heavy atom. The van der Waals surface area contributed by atoms with Crippen molar-refractivity contribution in [3.8, 4) is 5.13 Å². The average molecular weight is 256 g/mol. The minimum Gasteiger partial charge on any atom is -0.296 e. The second-order valence-electron chi connectivity index (χ2n) is 4.35. The third kappa shape index (κ3) is 1.66. The average Bonchev–Trinajstić information content (AvgIpc) is 2.92. The molecule has 0 saturated carbocycles. The SMILES string of the molecule is Cc1cc(C)c2nc(-n3cccc3C=O)sc2c1. The summed E-state index contributed by atoms with van der Waals surface area (Å²) in [5.41, 5.74) is 4.06. The normalized spacial score (nSPS) is 11.0. The number of aromatic nitrogens is 2. The lowest BCUT2D eigenvalue weighted by Crippen LogP contribution is -1.96. The van der Waals surface area contributed by atoms with Crippen LogP contribution >= 0.6 is 11.3 Å². The van der Waals surface area contributed by atoms with Crippen molar-refractivity contribution < 1.29 is 4.79 Å². The van der Waals surface area contributed by atoms with E-state index in [4.69, 9.17) is 0 Å². The Morgan fingerprint density at radius 1 is 1.33 bits per heavy atom. The first-order valence-corrected chi connectivity index (χ1v) is 6.51. The van der Waals surface area contributed by atoms with Gasteiger partial charge in [-0.15, -0.1) is 0 Å². The molecule has 4 heteroatoms. The second-order valence-corrected chi connectivity index (χ2v) is 5.36. The minimum atomic E-state index is 0.628. The summed E-state index contributed by atoms with van der Waals surface area (Å²) in [5.74, 6) is 0. The Hall–Kier alpha value is -1.94. The molecule has 3 nitrogen and oxygen atoms in total. The van der Waals surface area contributed by atoms with E-state index in [-0.39, 0.29) is 0 Å². The summed E-state index contributed by atoms with van der Waals surface area (Å²) in [7, 11) is 0. The van der Waals surface area contributed by atoms with Crippen LogP contribution in [0.3, 0.4) is 0 Å². The number of aldehydes is 1. The van der Waals surface area contributed by atoms with Gasteiger partial charge in [0.15, 0.2) is 11.4 Å². The van der Waals surface area contributed by atoms with Crippen LogP contribution < -0.4 is 0 Å². The number of benzene rings is 1. The van der Waals surface area contributed by atoms with E-state index in [1.165, 1.54) is 11.1 Å². The van der Waals surface area contributed by atoms with Gasteiger partial charge in [-0.25, -0.2) is 4.98 Å². The van der Waals surface area contributed by atoms with Gasteiger partial charge in [0.1, 0.15) is 0 Å². The highest BCUT2D eigenvalue weighted by atomic mass is 32.1. The topological polar surface area (TPSA) is 34.9 Å². The number of aryl methyl sites for hydroxylation is 2. The van der Waals surface area contributed by atoms with Gasteiger partial charge in [0.25, 0.3) is 0 Å². The Morgan fingerprint density at radius 2 is 2.17 bits per heavy atom. The smallest absolute Gasteiger partial charge is 0.195 e. The van der Waals surface area contributed by atoms with Crippen molar-refractivity contribution in [2.75, 3.05) is 0 Å². The monoisotopic (exact) mass is 256 g/mol. The summed E-state index contributed by atoms with van der Waals surface area (Å²) in [6, 6.07) is 7.90. The highest BCUT2D eigenvalue weighted by Crippen LogP contribution is 2.28. The van der Waals surface area contributed by atoms with Gasteiger partial charge in [-0.2, -0.15) is 0 Å². The van der Waals surface area contributed by atoms with Crippen molar-refractivity contribution in [3.05, 3.63) is 47.3 Å². The molecule has 0 aliphatic carbocycles. The number of carbonyl (C=O) groups is 1. The number of thiazole rings is 1. The highest BCUT2D eigenvalue weighted by molar-refractivity contribution is 7.20. The molecular weight excluding hydrogens is 244 g/mol. The zero-order valence-electron chi connectivity index (χ0n) is 10.2. The Labute approximate surface area is 109 Å². The maximum atomic E-state index is 11.0. The summed E-state index contributed by atoms with van der Waals surface area (Å²) in [5, 5.41) is 0.839.